The first-order valence-corrected chi connectivity index (χ1v) is 7.10. The van der Waals surface area contributed by atoms with Crippen molar-refractivity contribution < 1.29 is 0 Å². The van der Waals surface area contributed by atoms with Crippen LogP contribution in [0.1, 0.15) is 11.3 Å². The minimum atomic E-state index is 0.599. The van der Waals surface area contributed by atoms with Gasteiger partial charge in [0.1, 0.15) is 5.82 Å². The van der Waals surface area contributed by atoms with Crippen LogP contribution in [-0.2, 0) is 6.54 Å². The highest BCUT2D eigenvalue weighted by molar-refractivity contribution is 5.57. The maximum atomic E-state index is 4.49. The Morgan fingerprint density at radius 2 is 1.86 bits per heavy atom. The molecule has 5 heteroatoms. The Kier molecular flexibility index (Phi) is 4.25. The minimum Gasteiger partial charge on any atom is -0.350 e. The van der Waals surface area contributed by atoms with E-state index >= 15 is 0 Å². The van der Waals surface area contributed by atoms with E-state index in [1.54, 1.807) is 6.20 Å². The molecule has 1 aromatic carbocycles. The van der Waals surface area contributed by atoms with Crippen LogP contribution in [0.5, 0.6) is 0 Å². The molecule has 0 amide bonds. The standard InChI is InChI=1S/C17H17N5/c1-13-10-16(21-15-7-3-2-4-8-15)22-17(20-13)19-12-14-6-5-9-18-11-14/h2-11H,12H2,1H3,(H2,19,20,21,22). The van der Waals surface area contributed by atoms with Crippen molar-refractivity contribution in [2.45, 2.75) is 13.5 Å². The van der Waals surface area contributed by atoms with Gasteiger partial charge in [-0.3, -0.25) is 4.98 Å². The molecule has 2 heterocycles. The second-order valence-corrected chi connectivity index (χ2v) is 4.92. The van der Waals surface area contributed by atoms with Crippen molar-refractivity contribution >= 4 is 17.5 Å². The predicted octanol–water partition coefficient (Wildman–Crippen LogP) is 3.54. The molecule has 0 bridgehead atoms. The van der Waals surface area contributed by atoms with Crippen LogP contribution in [0.15, 0.2) is 60.9 Å². The van der Waals surface area contributed by atoms with E-state index in [1.807, 2.05) is 61.7 Å². The molecule has 2 N–H and O–H groups in total. The highest BCUT2D eigenvalue weighted by Gasteiger charge is 2.03. The van der Waals surface area contributed by atoms with Gasteiger partial charge in [-0.05, 0) is 30.7 Å². The number of hydrogen-bond acceptors (Lipinski definition) is 5. The van der Waals surface area contributed by atoms with Gasteiger partial charge in [-0.25, -0.2) is 4.98 Å². The number of aryl methyl sites for hydroxylation is 1. The number of benzene rings is 1. The minimum absolute atomic E-state index is 0.599. The molecule has 0 saturated carbocycles. The maximum absolute atomic E-state index is 4.49. The zero-order chi connectivity index (χ0) is 15.2. The first-order valence-electron chi connectivity index (χ1n) is 7.10. The first kappa shape index (κ1) is 14.0. The molecular weight excluding hydrogens is 274 g/mol. The maximum Gasteiger partial charge on any atom is 0.225 e. The van der Waals surface area contributed by atoms with Gasteiger partial charge in [0, 0.05) is 36.4 Å². The fraction of sp³-hybridized carbons (Fsp3) is 0.118. The van der Waals surface area contributed by atoms with Crippen molar-refractivity contribution in [3.05, 3.63) is 72.2 Å². The summed E-state index contributed by atoms with van der Waals surface area (Å²) in [7, 11) is 0. The van der Waals surface area contributed by atoms with E-state index in [9.17, 15) is 0 Å². The number of para-hydroxylation sites is 1. The van der Waals surface area contributed by atoms with Crippen LogP contribution in [0.2, 0.25) is 0 Å². The zero-order valence-electron chi connectivity index (χ0n) is 12.3. The van der Waals surface area contributed by atoms with E-state index < -0.39 is 0 Å². The Morgan fingerprint density at radius 1 is 1.00 bits per heavy atom. The molecule has 0 unspecified atom stereocenters. The van der Waals surface area contributed by atoms with E-state index in [1.165, 1.54) is 0 Å². The van der Waals surface area contributed by atoms with Gasteiger partial charge in [0.25, 0.3) is 0 Å². The van der Waals surface area contributed by atoms with E-state index in [-0.39, 0.29) is 0 Å². The van der Waals surface area contributed by atoms with Crippen LogP contribution in [-0.4, -0.2) is 15.0 Å². The number of pyridine rings is 1. The monoisotopic (exact) mass is 291 g/mol. The third-order valence-electron chi connectivity index (χ3n) is 3.07. The highest BCUT2D eigenvalue weighted by atomic mass is 15.1. The van der Waals surface area contributed by atoms with Gasteiger partial charge in [-0.1, -0.05) is 24.3 Å². The molecule has 0 fully saturated rings. The summed E-state index contributed by atoms with van der Waals surface area (Å²) in [5, 5.41) is 6.51. The summed E-state index contributed by atoms with van der Waals surface area (Å²) in [5.74, 6) is 1.37. The summed E-state index contributed by atoms with van der Waals surface area (Å²) in [4.78, 5) is 13.0. The average Bonchev–Trinajstić information content (AvgIpc) is 2.54. The van der Waals surface area contributed by atoms with Crippen LogP contribution in [0.25, 0.3) is 0 Å². The van der Waals surface area contributed by atoms with Crippen molar-refractivity contribution in [3.63, 3.8) is 0 Å². The number of anilines is 3. The molecule has 5 nitrogen and oxygen atoms in total. The van der Waals surface area contributed by atoms with Crippen LogP contribution >= 0.6 is 0 Å². The molecule has 0 aliphatic carbocycles. The quantitative estimate of drug-likeness (QED) is 0.753. The summed E-state index contributed by atoms with van der Waals surface area (Å²) < 4.78 is 0. The fourth-order valence-corrected chi connectivity index (χ4v) is 2.06. The zero-order valence-corrected chi connectivity index (χ0v) is 12.3. The molecule has 2 aromatic heterocycles. The Bertz CT molecular complexity index is 729. The molecule has 0 saturated heterocycles. The summed E-state index contributed by atoms with van der Waals surface area (Å²) in [6.07, 6.45) is 3.58. The Balaban J connectivity index is 1.72. The van der Waals surface area contributed by atoms with Crippen LogP contribution in [0.3, 0.4) is 0 Å². The molecule has 0 aliphatic rings. The smallest absolute Gasteiger partial charge is 0.225 e. The number of hydrogen-bond donors (Lipinski definition) is 2. The number of nitrogens with zero attached hydrogens (tertiary/aromatic N) is 3. The summed E-state index contributed by atoms with van der Waals surface area (Å²) in [6, 6.07) is 15.8. The molecule has 110 valence electrons. The van der Waals surface area contributed by atoms with Gasteiger partial charge < -0.3 is 10.6 Å². The van der Waals surface area contributed by atoms with Crippen LogP contribution in [0.4, 0.5) is 17.5 Å². The lowest BCUT2D eigenvalue weighted by atomic mass is 10.3. The normalized spacial score (nSPS) is 10.2. The fourth-order valence-electron chi connectivity index (χ4n) is 2.06. The molecule has 3 aromatic rings. The second-order valence-electron chi connectivity index (χ2n) is 4.92. The number of rotatable bonds is 5. The third-order valence-corrected chi connectivity index (χ3v) is 3.07. The Labute approximate surface area is 129 Å². The molecule has 0 aliphatic heterocycles. The van der Waals surface area contributed by atoms with E-state index in [2.05, 4.69) is 25.6 Å². The van der Waals surface area contributed by atoms with Crippen molar-refractivity contribution in [1.29, 1.82) is 0 Å². The van der Waals surface area contributed by atoms with E-state index in [0.717, 1.165) is 22.8 Å². The molecule has 22 heavy (non-hydrogen) atoms. The van der Waals surface area contributed by atoms with Crippen molar-refractivity contribution in [2.75, 3.05) is 10.6 Å². The highest BCUT2D eigenvalue weighted by Crippen LogP contribution is 2.16. The van der Waals surface area contributed by atoms with Crippen LogP contribution in [0, 0.1) is 6.92 Å². The predicted molar refractivity (Wildman–Crippen MR) is 88.1 cm³/mol. The largest absolute Gasteiger partial charge is 0.350 e. The SMILES string of the molecule is Cc1cc(Nc2ccccc2)nc(NCc2cccnc2)n1. The topological polar surface area (TPSA) is 62.7 Å². The van der Waals surface area contributed by atoms with Gasteiger partial charge >= 0.3 is 0 Å². The molecule has 0 radical (unpaired) electrons. The Morgan fingerprint density at radius 3 is 2.64 bits per heavy atom. The summed E-state index contributed by atoms with van der Waals surface area (Å²) in [6.45, 7) is 2.59. The first-order chi connectivity index (χ1) is 10.8. The number of aromatic nitrogens is 3. The van der Waals surface area contributed by atoms with E-state index in [4.69, 9.17) is 0 Å². The molecular formula is C17H17N5. The lowest BCUT2D eigenvalue weighted by molar-refractivity contribution is 1.02. The van der Waals surface area contributed by atoms with Gasteiger partial charge in [0.2, 0.25) is 5.95 Å². The molecule has 0 atom stereocenters. The van der Waals surface area contributed by atoms with E-state index in [0.29, 0.717) is 12.5 Å². The lowest BCUT2D eigenvalue weighted by Gasteiger charge is -2.10. The average molecular weight is 291 g/mol. The lowest BCUT2D eigenvalue weighted by Crippen LogP contribution is -2.06. The summed E-state index contributed by atoms with van der Waals surface area (Å²) >= 11 is 0. The van der Waals surface area contributed by atoms with Crippen molar-refractivity contribution in [3.8, 4) is 0 Å². The second kappa shape index (κ2) is 6.67. The van der Waals surface area contributed by atoms with Crippen molar-refractivity contribution in [1.82, 2.24) is 15.0 Å². The Hall–Kier alpha value is -2.95. The van der Waals surface area contributed by atoms with Gasteiger partial charge in [-0.15, -0.1) is 0 Å². The molecule has 0 spiro atoms. The van der Waals surface area contributed by atoms with Gasteiger partial charge in [-0.2, -0.15) is 4.98 Å². The summed E-state index contributed by atoms with van der Waals surface area (Å²) in [5.41, 5.74) is 2.99. The van der Waals surface area contributed by atoms with Gasteiger partial charge in [0.05, 0.1) is 0 Å². The van der Waals surface area contributed by atoms with Gasteiger partial charge in [0.15, 0.2) is 0 Å². The van der Waals surface area contributed by atoms with Crippen LogP contribution < -0.4 is 10.6 Å². The number of nitrogens with one attached hydrogen (secondary N) is 2. The molecule has 3 rings (SSSR count). The van der Waals surface area contributed by atoms with Crippen molar-refractivity contribution in [2.24, 2.45) is 0 Å². The third kappa shape index (κ3) is 3.79.